The van der Waals surface area contributed by atoms with Crippen molar-refractivity contribution in [2.45, 2.75) is 77.3 Å². The van der Waals surface area contributed by atoms with Gasteiger partial charge in [0.05, 0.1) is 6.54 Å². The van der Waals surface area contributed by atoms with Gasteiger partial charge in [0, 0.05) is 23.6 Å². The molecule has 3 heterocycles. The summed E-state index contributed by atoms with van der Waals surface area (Å²) in [6.07, 6.45) is 6.91. The maximum Gasteiger partial charge on any atom is 0.254 e. The highest BCUT2D eigenvalue weighted by atomic mass is 16.4. The third kappa shape index (κ3) is 5.35. The van der Waals surface area contributed by atoms with E-state index in [4.69, 9.17) is 4.42 Å². The van der Waals surface area contributed by atoms with Gasteiger partial charge in [-0.15, -0.1) is 10.2 Å². The molecule has 1 aromatic carbocycles. The molecule has 1 unspecified atom stereocenters. The number of hydrogen-bond acceptors (Lipinski definition) is 5. The molecule has 2 saturated heterocycles. The molecule has 1 atom stereocenters. The van der Waals surface area contributed by atoms with Crippen LogP contribution in [0.4, 0.5) is 0 Å². The van der Waals surface area contributed by atoms with Crippen LogP contribution >= 0.6 is 0 Å². The van der Waals surface area contributed by atoms with Crippen molar-refractivity contribution in [2.24, 2.45) is 5.92 Å². The molecule has 1 aromatic heterocycles. The smallest absolute Gasteiger partial charge is 0.254 e. The Labute approximate surface area is 186 Å². The van der Waals surface area contributed by atoms with Crippen molar-refractivity contribution in [3.05, 3.63) is 47.7 Å². The number of likely N-dealkylation sites (tertiary alicyclic amines) is 2. The van der Waals surface area contributed by atoms with E-state index in [9.17, 15) is 4.79 Å². The molecule has 2 aliphatic heterocycles. The molecule has 6 heteroatoms. The summed E-state index contributed by atoms with van der Waals surface area (Å²) in [7, 11) is 0. The Balaban J connectivity index is 1.38. The molecule has 0 bridgehead atoms. The summed E-state index contributed by atoms with van der Waals surface area (Å²) in [6, 6.07) is 10.1. The van der Waals surface area contributed by atoms with Crippen LogP contribution in [-0.2, 0) is 12.0 Å². The Morgan fingerprint density at radius 1 is 1.00 bits per heavy atom. The average molecular weight is 425 g/mol. The maximum absolute atomic E-state index is 13.3. The van der Waals surface area contributed by atoms with Crippen LogP contribution in [0.25, 0.3) is 0 Å². The minimum atomic E-state index is -0.119. The van der Waals surface area contributed by atoms with E-state index in [1.165, 1.54) is 12.8 Å². The standard InChI is InChI=1S/C25H36N4O2/c1-25(2,3)24-27-26-22(31-24)18-28-16-13-19(14-17-28)21-12-8-5-9-15-29(21)23(30)20-10-6-4-7-11-20/h4,6-7,10-11,19,21H,5,8-9,12-18H2,1-3H3. The van der Waals surface area contributed by atoms with Crippen LogP contribution < -0.4 is 0 Å². The molecular weight excluding hydrogens is 388 g/mol. The van der Waals surface area contributed by atoms with Crippen molar-refractivity contribution in [1.82, 2.24) is 20.0 Å². The molecule has 2 aromatic rings. The molecule has 1 amide bonds. The van der Waals surface area contributed by atoms with E-state index in [0.29, 0.717) is 30.3 Å². The zero-order valence-electron chi connectivity index (χ0n) is 19.2. The number of hydrogen-bond donors (Lipinski definition) is 0. The van der Waals surface area contributed by atoms with Gasteiger partial charge in [-0.2, -0.15) is 0 Å². The van der Waals surface area contributed by atoms with Crippen molar-refractivity contribution in [3.8, 4) is 0 Å². The van der Waals surface area contributed by atoms with Gasteiger partial charge in [-0.05, 0) is 56.8 Å². The number of carbonyl (C=O) groups excluding carboxylic acids is 1. The van der Waals surface area contributed by atoms with Crippen molar-refractivity contribution >= 4 is 5.91 Å². The van der Waals surface area contributed by atoms with E-state index < -0.39 is 0 Å². The predicted octanol–water partition coefficient (Wildman–Crippen LogP) is 4.66. The number of benzene rings is 1. The number of carbonyl (C=O) groups is 1. The highest BCUT2D eigenvalue weighted by molar-refractivity contribution is 5.94. The summed E-state index contributed by atoms with van der Waals surface area (Å²) in [5.74, 6) is 2.18. The molecule has 168 valence electrons. The van der Waals surface area contributed by atoms with Crippen molar-refractivity contribution in [2.75, 3.05) is 19.6 Å². The average Bonchev–Trinajstić information content (AvgIpc) is 3.11. The monoisotopic (exact) mass is 424 g/mol. The largest absolute Gasteiger partial charge is 0.423 e. The van der Waals surface area contributed by atoms with Gasteiger partial charge in [0.1, 0.15) is 0 Å². The summed E-state index contributed by atoms with van der Waals surface area (Å²) >= 11 is 0. The van der Waals surface area contributed by atoms with Gasteiger partial charge >= 0.3 is 0 Å². The van der Waals surface area contributed by atoms with Crippen LogP contribution in [0.3, 0.4) is 0 Å². The molecular formula is C25H36N4O2. The zero-order valence-corrected chi connectivity index (χ0v) is 19.2. The van der Waals surface area contributed by atoms with Crippen molar-refractivity contribution in [3.63, 3.8) is 0 Å². The van der Waals surface area contributed by atoms with Gasteiger partial charge < -0.3 is 9.32 Å². The molecule has 0 radical (unpaired) electrons. The minimum Gasteiger partial charge on any atom is -0.423 e. The first-order chi connectivity index (χ1) is 14.9. The summed E-state index contributed by atoms with van der Waals surface area (Å²) in [5, 5.41) is 8.48. The lowest BCUT2D eigenvalue weighted by molar-refractivity contribution is 0.0507. The van der Waals surface area contributed by atoms with Gasteiger partial charge in [0.25, 0.3) is 5.91 Å². The second kappa shape index (κ2) is 9.51. The lowest BCUT2D eigenvalue weighted by Crippen LogP contribution is -2.47. The Kier molecular flexibility index (Phi) is 6.75. The number of rotatable bonds is 4. The molecule has 0 saturated carbocycles. The van der Waals surface area contributed by atoms with Crippen LogP contribution in [0, 0.1) is 5.92 Å². The number of nitrogens with zero attached hydrogens (tertiary/aromatic N) is 4. The predicted molar refractivity (Wildman–Crippen MR) is 121 cm³/mol. The summed E-state index contributed by atoms with van der Waals surface area (Å²) < 4.78 is 5.89. The second-order valence-electron chi connectivity index (χ2n) is 10.1. The third-order valence-electron chi connectivity index (χ3n) is 6.72. The van der Waals surface area contributed by atoms with Crippen LogP contribution in [0.1, 0.15) is 81.4 Å². The molecule has 0 spiro atoms. The second-order valence-corrected chi connectivity index (χ2v) is 10.1. The Morgan fingerprint density at radius 3 is 2.42 bits per heavy atom. The van der Waals surface area contributed by atoms with Crippen molar-refractivity contribution < 1.29 is 9.21 Å². The van der Waals surface area contributed by atoms with Gasteiger partial charge in [-0.25, -0.2) is 0 Å². The molecule has 2 aliphatic rings. The van der Waals surface area contributed by atoms with Gasteiger partial charge in [0.2, 0.25) is 11.8 Å². The molecule has 2 fully saturated rings. The number of piperidine rings is 1. The first-order valence-corrected chi connectivity index (χ1v) is 11.8. The molecule has 0 aliphatic carbocycles. The van der Waals surface area contributed by atoms with Gasteiger partial charge in [-0.3, -0.25) is 9.69 Å². The SMILES string of the molecule is CC(C)(C)c1nnc(CN2CCC(C3CCCCCN3C(=O)c3ccccc3)CC2)o1. The fraction of sp³-hybridized carbons (Fsp3) is 0.640. The fourth-order valence-electron chi connectivity index (χ4n) is 4.93. The highest BCUT2D eigenvalue weighted by Crippen LogP contribution is 2.31. The lowest BCUT2D eigenvalue weighted by atomic mass is 9.86. The fourth-order valence-corrected chi connectivity index (χ4v) is 4.93. The summed E-state index contributed by atoms with van der Waals surface area (Å²) in [4.78, 5) is 17.9. The number of aromatic nitrogens is 2. The van der Waals surface area contributed by atoms with E-state index in [1.54, 1.807) is 0 Å². The van der Waals surface area contributed by atoms with E-state index in [2.05, 4.69) is 40.8 Å². The van der Waals surface area contributed by atoms with Crippen LogP contribution in [0.2, 0.25) is 0 Å². The maximum atomic E-state index is 13.3. The summed E-state index contributed by atoms with van der Waals surface area (Å²) in [6.45, 7) is 9.90. The lowest BCUT2D eigenvalue weighted by Gasteiger charge is -2.40. The molecule has 31 heavy (non-hydrogen) atoms. The Hall–Kier alpha value is -2.21. The topological polar surface area (TPSA) is 62.5 Å². The Morgan fingerprint density at radius 2 is 1.74 bits per heavy atom. The molecule has 6 nitrogen and oxygen atoms in total. The first-order valence-electron chi connectivity index (χ1n) is 11.8. The van der Waals surface area contributed by atoms with E-state index in [0.717, 1.165) is 50.9 Å². The quantitative estimate of drug-likeness (QED) is 0.714. The number of amides is 1. The molecule has 0 N–H and O–H groups in total. The Bertz CT molecular complexity index is 850. The minimum absolute atomic E-state index is 0.119. The van der Waals surface area contributed by atoms with Crippen LogP contribution in [-0.4, -0.2) is 51.6 Å². The van der Waals surface area contributed by atoms with Crippen LogP contribution in [0.15, 0.2) is 34.7 Å². The van der Waals surface area contributed by atoms with E-state index in [-0.39, 0.29) is 11.3 Å². The van der Waals surface area contributed by atoms with E-state index in [1.807, 2.05) is 30.3 Å². The van der Waals surface area contributed by atoms with Crippen molar-refractivity contribution in [1.29, 1.82) is 0 Å². The highest BCUT2D eigenvalue weighted by Gasteiger charge is 2.34. The molecule has 4 rings (SSSR count). The normalized spacial score (nSPS) is 21.8. The first kappa shape index (κ1) is 22.0. The van der Waals surface area contributed by atoms with Crippen LogP contribution in [0.5, 0.6) is 0 Å². The summed E-state index contributed by atoms with van der Waals surface area (Å²) in [5.41, 5.74) is 0.699. The zero-order chi connectivity index (χ0) is 21.8. The van der Waals surface area contributed by atoms with Gasteiger partial charge in [-0.1, -0.05) is 51.8 Å². The third-order valence-corrected chi connectivity index (χ3v) is 6.72. The van der Waals surface area contributed by atoms with E-state index >= 15 is 0 Å². The van der Waals surface area contributed by atoms with Gasteiger partial charge in [0.15, 0.2) is 0 Å².